The van der Waals surface area contributed by atoms with E-state index in [2.05, 4.69) is 0 Å². The average Bonchev–Trinajstić information content (AvgIpc) is 2.18. The maximum absolute atomic E-state index is 11.4. The fourth-order valence-electron chi connectivity index (χ4n) is 1.43. The SMILES string of the molecule is CC.CCC(=O)N1CC(C(=O)N(C)C)C1. The zero-order valence-electron chi connectivity index (χ0n) is 10.4. The van der Waals surface area contributed by atoms with Crippen molar-refractivity contribution in [2.45, 2.75) is 27.2 Å². The normalized spacial score (nSPS) is 14.9. The lowest BCUT2D eigenvalue weighted by molar-refractivity contribution is -0.146. The van der Waals surface area contributed by atoms with Gasteiger partial charge in [-0.2, -0.15) is 0 Å². The van der Waals surface area contributed by atoms with Crippen LogP contribution in [0, 0.1) is 5.92 Å². The van der Waals surface area contributed by atoms with Crippen LogP contribution in [0.3, 0.4) is 0 Å². The van der Waals surface area contributed by atoms with E-state index in [1.54, 1.807) is 23.9 Å². The minimum atomic E-state index is 0.0329. The smallest absolute Gasteiger partial charge is 0.228 e. The number of rotatable bonds is 2. The highest BCUT2D eigenvalue weighted by atomic mass is 16.2. The summed E-state index contributed by atoms with van der Waals surface area (Å²) in [6, 6.07) is 0. The van der Waals surface area contributed by atoms with E-state index in [4.69, 9.17) is 0 Å². The topological polar surface area (TPSA) is 40.6 Å². The summed E-state index contributed by atoms with van der Waals surface area (Å²) >= 11 is 0. The molecule has 1 heterocycles. The van der Waals surface area contributed by atoms with Crippen LogP contribution in [0.15, 0.2) is 0 Å². The van der Waals surface area contributed by atoms with E-state index >= 15 is 0 Å². The Bertz CT molecular complexity index is 221. The molecule has 0 saturated carbocycles. The van der Waals surface area contributed by atoms with Crippen molar-refractivity contribution in [3.63, 3.8) is 0 Å². The third-order valence-corrected chi connectivity index (χ3v) is 2.33. The van der Waals surface area contributed by atoms with E-state index in [0.717, 1.165) is 0 Å². The summed E-state index contributed by atoms with van der Waals surface area (Å²) in [6.07, 6.45) is 0.531. The van der Waals surface area contributed by atoms with Crippen molar-refractivity contribution < 1.29 is 9.59 Å². The summed E-state index contributed by atoms with van der Waals surface area (Å²) in [5.41, 5.74) is 0. The molecule has 0 N–H and O–H groups in total. The lowest BCUT2D eigenvalue weighted by atomic mass is 9.98. The largest absolute Gasteiger partial charge is 0.348 e. The van der Waals surface area contributed by atoms with Gasteiger partial charge in [-0.25, -0.2) is 0 Å². The predicted octanol–water partition coefficient (Wildman–Crippen LogP) is 0.969. The molecule has 0 atom stereocenters. The Morgan fingerprint density at radius 1 is 1.27 bits per heavy atom. The Balaban J connectivity index is 0.000000921. The molecule has 4 heteroatoms. The summed E-state index contributed by atoms with van der Waals surface area (Å²) in [5.74, 6) is 0.299. The van der Waals surface area contributed by atoms with Crippen LogP contribution >= 0.6 is 0 Å². The maximum Gasteiger partial charge on any atom is 0.228 e. The Morgan fingerprint density at radius 2 is 1.73 bits per heavy atom. The first kappa shape index (κ1) is 13.9. The molecule has 0 spiro atoms. The fraction of sp³-hybridized carbons (Fsp3) is 0.818. The van der Waals surface area contributed by atoms with Crippen molar-refractivity contribution in [2.24, 2.45) is 5.92 Å². The van der Waals surface area contributed by atoms with Gasteiger partial charge in [0.2, 0.25) is 11.8 Å². The first-order chi connectivity index (χ1) is 7.06. The molecule has 88 valence electrons. The Hall–Kier alpha value is -1.06. The summed E-state index contributed by atoms with van der Waals surface area (Å²) in [5, 5.41) is 0. The van der Waals surface area contributed by atoms with Crippen LogP contribution in [-0.2, 0) is 9.59 Å². The number of hydrogen-bond donors (Lipinski definition) is 0. The monoisotopic (exact) mass is 214 g/mol. The van der Waals surface area contributed by atoms with E-state index in [1.165, 1.54) is 0 Å². The molecule has 1 aliphatic heterocycles. The summed E-state index contributed by atoms with van der Waals surface area (Å²) in [4.78, 5) is 25.8. The summed E-state index contributed by atoms with van der Waals surface area (Å²) < 4.78 is 0. The molecule has 0 bridgehead atoms. The van der Waals surface area contributed by atoms with E-state index in [1.807, 2.05) is 20.8 Å². The summed E-state index contributed by atoms with van der Waals surface area (Å²) in [6.45, 7) is 7.04. The minimum Gasteiger partial charge on any atom is -0.348 e. The van der Waals surface area contributed by atoms with Crippen molar-refractivity contribution in [3.05, 3.63) is 0 Å². The number of carbonyl (C=O) groups excluding carboxylic acids is 2. The first-order valence-corrected chi connectivity index (χ1v) is 5.55. The molecule has 1 saturated heterocycles. The fourth-order valence-corrected chi connectivity index (χ4v) is 1.43. The number of nitrogens with zero attached hydrogens (tertiary/aromatic N) is 2. The lowest BCUT2D eigenvalue weighted by Crippen LogP contribution is -2.55. The van der Waals surface area contributed by atoms with Crippen LogP contribution in [0.25, 0.3) is 0 Å². The van der Waals surface area contributed by atoms with Gasteiger partial charge >= 0.3 is 0 Å². The second-order valence-corrected chi connectivity index (χ2v) is 3.58. The van der Waals surface area contributed by atoms with Crippen LogP contribution in [0.4, 0.5) is 0 Å². The quantitative estimate of drug-likeness (QED) is 0.687. The molecule has 0 unspecified atom stereocenters. The van der Waals surface area contributed by atoms with Crippen LogP contribution in [-0.4, -0.2) is 48.8 Å². The Labute approximate surface area is 92.2 Å². The van der Waals surface area contributed by atoms with Gasteiger partial charge in [-0.05, 0) is 0 Å². The molecule has 1 fully saturated rings. The molecule has 4 nitrogen and oxygen atoms in total. The van der Waals surface area contributed by atoms with Gasteiger partial charge in [0.05, 0.1) is 5.92 Å². The Kier molecular flexibility index (Phi) is 5.97. The van der Waals surface area contributed by atoms with Crippen molar-refractivity contribution >= 4 is 11.8 Å². The van der Waals surface area contributed by atoms with E-state index in [0.29, 0.717) is 19.5 Å². The van der Waals surface area contributed by atoms with E-state index < -0.39 is 0 Å². The van der Waals surface area contributed by atoms with E-state index in [-0.39, 0.29) is 17.7 Å². The average molecular weight is 214 g/mol. The second-order valence-electron chi connectivity index (χ2n) is 3.58. The maximum atomic E-state index is 11.4. The van der Waals surface area contributed by atoms with Gasteiger partial charge in [0, 0.05) is 33.6 Å². The van der Waals surface area contributed by atoms with Crippen molar-refractivity contribution in [1.82, 2.24) is 9.80 Å². The number of amides is 2. The van der Waals surface area contributed by atoms with Gasteiger partial charge < -0.3 is 9.80 Å². The van der Waals surface area contributed by atoms with Crippen LogP contribution in [0.1, 0.15) is 27.2 Å². The molecule has 15 heavy (non-hydrogen) atoms. The predicted molar refractivity (Wildman–Crippen MR) is 60.4 cm³/mol. The lowest BCUT2D eigenvalue weighted by Gasteiger charge is -2.39. The first-order valence-electron chi connectivity index (χ1n) is 5.55. The number of carbonyl (C=O) groups is 2. The van der Waals surface area contributed by atoms with Gasteiger partial charge in [0.15, 0.2) is 0 Å². The van der Waals surface area contributed by atoms with Gasteiger partial charge in [-0.15, -0.1) is 0 Å². The molecule has 0 aromatic rings. The van der Waals surface area contributed by atoms with Crippen LogP contribution < -0.4 is 0 Å². The zero-order chi connectivity index (χ0) is 12.0. The highest BCUT2D eigenvalue weighted by Gasteiger charge is 2.35. The molecule has 0 aromatic carbocycles. The molecule has 0 aromatic heterocycles. The summed E-state index contributed by atoms with van der Waals surface area (Å²) in [7, 11) is 3.49. The molecule has 1 rings (SSSR count). The van der Waals surface area contributed by atoms with Gasteiger partial charge in [-0.3, -0.25) is 9.59 Å². The van der Waals surface area contributed by atoms with Gasteiger partial charge in [0.25, 0.3) is 0 Å². The standard InChI is InChI=1S/C9H16N2O2.C2H6/c1-4-8(12)11-5-7(6-11)9(13)10(2)3;1-2/h7H,4-6H2,1-3H3;1-2H3. The minimum absolute atomic E-state index is 0.0329. The van der Waals surface area contributed by atoms with Crippen LogP contribution in [0.5, 0.6) is 0 Å². The van der Waals surface area contributed by atoms with Gasteiger partial charge in [0.1, 0.15) is 0 Å². The Morgan fingerprint density at radius 3 is 2.07 bits per heavy atom. The highest BCUT2D eigenvalue weighted by Crippen LogP contribution is 2.17. The third kappa shape index (κ3) is 3.53. The van der Waals surface area contributed by atoms with Crippen molar-refractivity contribution in [1.29, 1.82) is 0 Å². The molecule has 2 amide bonds. The van der Waals surface area contributed by atoms with Crippen molar-refractivity contribution in [3.8, 4) is 0 Å². The zero-order valence-corrected chi connectivity index (χ0v) is 10.4. The van der Waals surface area contributed by atoms with Crippen molar-refractivity contribution in [2.75, 3.05) is 27.2 Å². The van der Waals surface area contributed by atoms with Gasteiger partial charge in [-0.1, -0.05) is 20.8 Å². The number of likely N-dealkylation sites (tertiary alicyclic amines) is 1. The molecular weight excluding hydrogens is 192 g/mol. The molecule has 0 aliphatic carbocycles. The highest BCUT2D eigenvalue weighted by molar-refractivity contribution is 5.84. The molecule has 0 radical (unpaired) electrons. The molecule has 1 aliphatic rings. The van der Waals surface area contributed by atoms with E-state index in [9.17, 15) is 9.59 Å². The molecular formula is C11H22N2O2. The van der Waals surface area contributed by atoms with Crippen LogP contribution in [0.2, 0.25) is 0 Å². The third-order valence-electron chi connectivity index (χ3n) is 2.33. The number of hydrogen-bond acceptors (Lipinski definition) is 2. The second kappa shape index (κ2) is 6.43.